The van der Waals surface area contributed by atoms with Crippen molar-refractivity contribution in [3.8, 4) is 0 Å². The van der Waals surface area contributed by atoms with Crippen molar-refractivity contribution in [1.29, 1.82) is 0 Å². The zero-order valence-electron chi connectivity index (χ0n) is 14.7. The first-order valence-electron chi connectivity index (χ1n) is 8.25. The summed E-state index contributed by atoms with van der Waals surface area (Å²) in [5.74, 6) is 0.705. The maximum absolute atomic E-state index is 11.0. The monoisotopic (exact) mass is 441 g/mol. The minimum absolute atomic E-state index is 0. The first kappa shape index (κ1) is 22.4. The lowest BCUT2D eigenvalue weighted by atomic mass is 10.0. The smallest absolute Gasteiger partial charge is 0.305 e. The average molecular weight is 441 g/mol. The minimum atomic E-state index is -0.120. The molecule has 0 bridgehead atoms. The number of unbranched alkanes of at least 4 members (excludes halogenated alkanes) is 3. The van der Waals surface area contributed by atoms with Gasteiger partial charge in [-0.2, -0.15) is 0 Å². The van der Waals surface area contributed by atoms with Crippen LogP contribution >= 0.6 is 24.0 Å². The molecule has 0 spiro atoms. The molecular formula is C16H32IN3O3. The van der Waals surface area contributed by atoms with E-state index in [1.165, 1.54) is 7.11 Å². The van der Waals surface area contributed by atoms with Crippen molar-refractivity contribution in [1.82, 2.24) is 10.6 Å². The van der Waals surface area contributed by atoms with Crippen molar-refractivity contribution in [3.63, 3.8) is 0 Å². The zero-order chi connectivity index (χ0) is 16.3. The zero-order valence-corrected chi connectivity index (χ0v) is 17.0. The standard InChI is InChI=1S/C16H31N3O3.HI/c1-16(10-8-12-22-16)13-19-15(17-2)18-11-7-5-4-6-9-14(20)21-3;/h4-13H2,1-3H3,(H2,17,18,19);1H. The van der Waals surface area contributed by atoms with Crippen molar-refractivity contribution in [3.05, 3.63) is 0 Å². The van der Waals surface area contributed by atoms with Gasteiger partial charge in [0, 0.05) is 33.2 Å². The fraction of sp³-hybridized carbons (Fsp3) is 0.875. The fourth-order valence-electron chi connectivity index (χ4n) is 2.52. The summed E-state index contributed by atoms with van der Waals surface area (Å²) in [4.78, 5) is 15.2. The van der Waals surface area contributed by atoms with Crippen molar-refractivity contribution in [2.24, 2.45) is 4.99 Å². The van der Waals surface area contributed by atoms with Crippen LogP contribution in [0, 0.1) is 0 Å². The number of methoxy groups -OCH3 is 1. The molecule has 1 rings (SSSR count). The van der Waals surface area contributed by atoms with Gasteiger partial charge in [-0.1, -0.05) is 12.8 Å². The van der Waals surface area contributed by atoms with Gasteiger partial charge in [-0.3, -0.25) is 9.79 Å². The maximum atomic E-state index is 11.0. The van der Waals surface area contributed by atoms with Crippen molar-refractivity contribution < 1.29 is 14.3 Å². The second kappa shape index (κ2) is 12.8. The molecule has 1 atom stereocenters. The summed E-state index contributed by atoms with van der Waals surface area (Å²) in [6, 6.07) is 0. The Kier molecular flexibility index (Phi) is 12.5. The highest BCUT2D eigenvalue weighted by Gasteiger charge is 2.29. The number of aliphatic imine (C=N–C) groups is 1. The molecule has 0 aromatic heterocycles. The first-order valence-corrected chi connectivity index (χ1v) is 8.25. The fourth-order valence-corrected chi connectivity index (χ4v) is 2.52. The Bertz CT molecular complexity index is 358. The van der Waals surface area contributed by atoms with E-state index in [0.717, 1.165) is 64.2 Å². The van der Waals surface area contributed by atoms with Crippen molar-refractivity contribution in [2.75, 3.05) is 33.9 Å². The molecule has 0 radical (unpaired) electrons. The molecule has 0 amide bonds. The van der Waals surface area contributed by atoms with Gasteiger partial charge in [0.1, 0.15) is 0 Å². The van der Waals surface area contributed by atoms with Crippen LogP contribution in [0.15, 0.2) is 4.99 Å². The molecule has 0 aliphatic carbocycles. The Balaban J connectivity index is 0.00000484. The Morgan fingerprint density at radius 1 is 1.26 bits per heavy atom. The largest absolute Gasteiger partial charge is 0.469 e. The maximum Gasteiger partial charge on any atom is 0.305 e. The van der Waals surface area contributed by atoms with E-state index in [4.69, 9.17) is 4.74 Å². The van der Waals surface area contributed by atoms with Gasteiger partial charge in [0.15, 0.2) is 5.96 Å². The number of carbonyl (C=O) groups is 1. The molecule has 23 heavy (non-hydrogen) atoms. The van der Waals surface area contributed by atoms with Crippen LogP contribution in [0.1, 0.15) is 51.9 Å². The molecule has 0 aromatic rings. The highest BCUT2D eigenvalue weighted by molar-refractivity contribution is 14.0. The minimum Gasteiger partial charge on any atom is -0.469 e. The molecule has 2 N–H and O–H groups in total. The molecule has 7 heteroatoms. The topological polar surface area (TPSA) is 72.0 Å². The van der Waals surface area contributed by atoms with Crippen LogP contribution in [0.2, 0.25) is 0 Å². The summed E-state index contributed by atoms with van der Waals surface area (Å²) in [6.45, 7) is 4.67. The van der Waals surface area contributed by atoms with Gasteiger partial charge in [-0.05, 0) is 32.6 Å². The van der Waals surface area contributed by atoms with Gasteiger partial charge in [0.2, 0.25) is 0 Å². The van der Waals surface area contributed by atoms with Gasteiger partial charge < -0.3 is 20.1 Å². The van der Waals surface area contributed by atoms with Crippen LogP contribution < -0.4 is 10.6 Å². The molecule has 1 heterocycles. The SMILES string of the molecule is CN=C(NCCCCCCC(=O)OC)NCC1(C)CCCO1.I. The number of halogens is 1. The molecule has 6 nitrogen and oxygen atoms in total. The quantitative estimate of drug-likeness (QED) is 0.189. The summed E-state index contributed by atoms with van der Waals surface area (Å²) in [5.41, 5.74) is -0.0640. The molecule has 1 aliphatic heterocycles. The van der Waals surface area contributed by atoms with Gasteiger partial charge >= 0.3 is 5.97 Å². The number of hydrogen-bond donors (Lipinski definition) is 2. The number of esters is 1. The predicted molar refractivity (Wildman–Crippen MR) is 103 cm³/mol. The van der Waals surface area contributed by atoms with Crippen LogP contribution in [0.3, 0.4) is 0 Å². The van der Waals surface area contributed by atoms with Gasteiger partial charge in [-0.25, -0.2) is 0 Å². The normalized spacial score (nSPS) is 20.7. The van der Waals surface area contributed by atoms with E-state index >= 15 is 0 Å². The third-order valence-electron chi connectivity index (χ3n) is 3.98. The van der Waals surface area contributed by atoms with Crippen LogP contribution in [0.25, 0.3) is 0 Å². The molecule has 1 saturated heterocycles. The third-order valence-corrected chi connectivity index (χ3v) is 3.98. The lowest BCUT2D eigenvalue weighted by molar-refractivity contribution is -0.140. The molecule has 1 fully saturated rings. The van der Waals surface area contributed by atoms with Gasteiger partial charge in [0.05, 0.1) is 12.7 Å². The molecule has 1 unspecified atom stereocenters. The Hall–Kier alpha value is -0.570. The lowest BCUT2D eigenvalue weighted by Gasteiger charge is -2.24. The number of nitrogens with one attached hydrogen (secondary N) is 2. The molecule has 136 valence electrons. The second-order valence-electron chi connectivity index (χ2n) is 5.99. The van der Waals surface area contributed by atoms with E-state index in [9.17, 15) is 4.79 Å². The number of guanidine groups is 1. The number of nitrogens with zero attached hydrogens (tertiary/aromatic N) is 1. The molecule has 0 aromatic carbocycles. The number of carbonyl (C=O) groups excluding carboxylic acids is 1. The summed E-state index contributed by atoms with van der Waals surface area (Å²) < 4.78 is 10.4. The first-order chi connectivity index (χ1) is 10.6. The number of ether oxygens (including phenoxy) is 2. The number of hydrogen-bond acceptors (Lipinski definition) is 4. The predicted octanol–water partition coefficient (Wildman–Crippen LogP) is 2.46. The van der Waals surface area contributed by atoms with E-state index in [1.807, 2.05) is 0 Å². The second-order valence-corrected chi connectivity index (χ2v) is 5.99. The Morgan fingerprint density at radius 2 is 2.00 bits per heavy atom. The van der Waals surface area contributed by atoms with Crippen molar-refractivity contribution in [2.45, 2.75) is 57.5 Å². The van der Waals surface area contributed by atoms with Crippen LogP contribution in [0.5, 0.6) is 0 Å². The summed E-state index contributed by atoms with van der Waals surface area (Å²) >= 11 is 0. The molecule has 1 aliphatic rings. The molecule has 0 saturated carbocycles. The van der Waals surface area contributed by atoms with E-state index < -0.39 is 0 Å². The Morgan fingerprint density at radius 3 is 2.61 bits per heavy atom. The lowest BCUT2D eigenvalue weighted by Crippen LogP contribution is -2.45. The van der Waals surface area contributed by atoms with Gasteiger partial charge in [-0.15, -0.1) is 24.0 Å². The average Bonchev–Trinajstić information content (AvgIpc) is 2.96. The number of rotatable bonds is 9. The Labute approximate surface area is 157 Å². The summed E-state index contributed by atoms with van der Waals surface area (Å²) in [6.07, 6.45) is 6.86. The molecular weight excluding hydrogens is 409 g/mol. The van der Waals surface area contributed by atoms with Crippen molar-refractivity contribution >= 4 is 35.9 Å². The van der Waals surface area contributed by atoms with E-state index in [2.05, 4.69) is 27.3 Å². The van der Waals surface area contributed by atoms with E-state index in [0.29, 0.717) is 6.42 Å². The highest BCUT2D eigenvalue weighted by Crippen LogP contribution is 2.23. The summed E-state index contributed by atoms with van der Waals surface area (Å²) in [5, 5.41) is 6.64. The van der Waals surface area contributed by atoms with E-state index in [-0.39, 0.29) is 35.5 Å². The van der Waals surface area contributed by atoms with Crippen LogP contribution in [0.4, 0.5) is 0 Å². The summed E-state index contributed by atoms with van der Waals surface area (Å²) in [7, 11) is 3.21. The highest BCUT2D eigenvalue weighted by atomic mass is 127. The van der Waals surface area contributed by atoms with Crippen LogP contribution in [-0.2, 0) is 14.3 Å². The van der Waals surface area contributed by atoms with Gasteiger partial charge in [0.25, 0.3) is 0 Å². The van der Waals surface area contributed by atoms with E-state index in [1.54, 1.807) is 7.05 Å². The third kappa shape index (κ3) is 10.0. The van der Waals surface area contributed by atoms with Crippen LogP contribution in [-0.4, -0.2) is 51.4 Å².